The summed E-state index contributed by atoms with van der Waals surface area (Å²) in [5.74, 6) is 0.199. The quantitative estimate of drug-likeness (QED) is 0.409. The molecule has 1 aromatic carbocycles. The first kappa shape index (κ1) is 28.0. The van der Waals surface area contributed by atoms with E-state index in [4.69, 9.17) is 9.47 Å². The minimum absolute atomic E-state index is 0.0940. The number of nitrogens with zero attached hydrogens (tertiary/aromatic N) is 3. The largest absolute Gasteiger partial charge is 0.497 e. The lowest BCUT2D eigenvalue weighted by molar-refractivity contribution is -0.139. The third-order valence-electron chi connectivity index (χ3n) is 6.21. The van der Waals surface area contributed by atoms with Crippen molar-refractivity contribution in [3.05, 3.63) is 53.8 Å². The summed E-state index contributed by atoms with van der Waals surface area (Å²) in [5.41, 5.74) is 1.40. The van der Waals surface area contributed by atoms with Crippen LogP contribution in [0.5, 0.6) is 5.75 Å². The number of benzene rings is 1. The van der Waals surface area contributed by atoms with Gasteiger partial charge in [0.2, 0.25) is 0 Å². The van der Waals surface area contributed by atoms with Crippen LogP contribution in [0.25, 0.3) is 0 Å². The Morgan fingerprint density at radius 2 is 1.81 bits per heavy atom. The van der Waals surface area contributed by atoms with Gasteiger partial charge < -0.3 is 25.0 Å². The van der Waals surface area contributed by atoms with Crippen molar-refractivity contribution >= 4 is 18.0 Å². The molecule has 2 aliphatic heterocycles. The Kier molecular flexibility index (Phi) is 9.20. The lowest BCUT2D eigenvalue weighted by Gasteiger charge is -2.40. The summed E-state index contributed by atoms with van der Waals surface area (Å²) in [6.45, 7) is 14.5. The SMILES string of the molecule is C=CCN1C(=O)NC(c2ccc(OC)cc2)C(C(=O)OCC)=C1CN1CCN(C(=O)NC(C)(C)C)CC1. The number of urea groups is 2. The Balaban J connectivity index is 1.92. The van der Waals surface area contributed by atoms with Crippen LogP contribution in [0.4, 0.5) is 9.59 Å². The van der Waals surface area contributed by atoms with Crippen LogP contribution in [0.2, 0.25) is 0 Å². The fraction of sp³-hybridized carbons (Fsp3) is 0.519. The van der Waals surface area contributed by atoms with Gasteiger partial charge in [0.05, 0.1) is 25.3 Å². The molecule has 10 heteroatoms. The van der Waals surface area contributed by atoms with E-state index in [0.717, 1.165) is 5.56 Å². The predicted octanol–water partition coefficient (Wildman–Crippen LogP) is 2.89. The lowest BCUT2D eigenvalue weighted by atomic mass is 9.94. The minimum atomic E-state index is -0.674. The van der Waals surface area contributed by atoms with E-state index in [1.54, 1.807) is 37.1 Å². The Labute approximate surface area is 219 Å². The summed E-state index contributed by atoms with van der Waals surface area (Å²) in [4.78, 5) is 44.6. The Bertz CT molecular complexity index is 1020. The Morgan fingerprint density at radius 3 is 2.35 bits per heavy atom. The van der Waals surface area contributed by atoms with Crippen LogP contribution in [0.3, 0.4) is 0 Å². The van der Waals surface area contributed by atoms with Crippen LogP contribution >= 0.6 is 0 Å². The molecule has 0 bridgehead atoms. The van der Waals surface area contributed by atoms with Gasteiger partial charge in [-0.2, -0.15) is 0 Å². The number of hydrogen-bond acceptors (Lipinski definition) is 6. The zero-order valence-electron chi connectivity index (χ0n) is 22.5. The summed E-state index contributed by atoms with van der Waals surface area (Å²) in [6.07, 6.45) is 1.63. The van der Waals surface area contributed by atoms with Gasteiger partial charge in [0.15, 0.2) is 0 Å². The van der Waals surface area contributed by atoms with Gasteiger partial charge in [0, 0.05) is 50.5 Å². The zero-order chi connectivity index (χ0) is 27.2. The molecule has 1 saturated heterocycles. The highest BCUT2D eigenvalue weighted by Crippen LogP contribution is 2.33. The summed E-state index contributed by atoms with van der Waals surface area (Å²) >= 11 is 0. The number of piperazine rings is 1. The second-order valence-electron chi connectivity index (χ2n) is 10.1. The van der Waals surface area contributed by atoms with Crippen LogP contribution < -0.4 is 15.4 Å². The maximum atomic E-state index is 13.3. The smallest absolute Gasteiger partial charge is 0.338 e. The van der Waals surface area contributed by atoms with E-state index in [-0.39, 0.29) is 30.8 Å². The second kappa shape index (κ2) is 12.1. The van der Waals surface area contributed by atoms with E-state index in [2.05, 4.69) is 22.1 Å². The number of nitrogens with one attached hydrogen (secondary N) is 2. The standard InChI is InChI=1S/C27H39N5O5/c1-7-13-32-21(18-30-14-16-31(17-15-30)26(35)29-27(3,4)5)22(24(33)37-8-2)23(28-25(32)34)19-9-11-20(36-6)12-10-19/h7,9-12,23H,1,8,13-18H2,2-6H3,(H,28,34)(H,29,35). The second-order valence-corrected chi connectivity index (χ2v) is 10.1. The van der Waals surface area contributed by atoms with Crippen molar-refractivity contribution in [2.24, 2.45) is 0 Å². The van der Waals surface area contributed by atoms with Gasteiger partial charge >= 0.3 is 18.0 Å². The highest BCUT2D eigenvalue weighted by molar-refractivity contribution is 5.95. The molecule has 0 aliphatic carbocycles. The molecule has 0 aromatic heterocycles. The van der Waals surface area contributed by atoms with Gasteiger partial charge in [-0.05, 0) is 45.4 Å². The average Bonchev–Trinajstić information content (AvgIpc) is 2.85. The van der Waals surface area contributed by atoms with Crippen LogP contribution in [0.15, 0.2) is 48.2 Å². The van der Waals surface area contributed by atoms with E-state index >= 15 is 0 Å². The number of esters is 1. The highest BCUT2D eigenvalue weighted by Gasteiger charge is 2.39. The highest BCUT2D eigenvalue weighted by atomic mass is 16.5. The third-order valence-corrected chi connectivity index (χ3v) is 6.21. The van der Waals surface area contributed by atoms with E-state index < -0.39 is 12.0 Å². The summed E-state index contributed by atoms with van der Waals surface area (Å²) < 4.78 is 10.7. The van der Waals surface area contributed by atoms with Gasteiger partial charge in [0.1, 0.15) is 5.75 Å². The van der Waals surface area contributed by atoms with Crippen molar-refractivity contribution in [3.8, 4) is 5.75 Å². The fourth-order valence-corrected chi connectivity index (χ4v) is 4.41. The number of methoxy groups -OCH3 is 1. The molecule has 2 heterocycles. The van der Waals surface area contributed by atoms with Gasteiger partial charge in [-0.3, -0.25) is 9.80 Å². The normalized spacial score (nSPS) is 18.8. The molecule has 2 aliphatic rings. The van der Waals surface area contributed by atoms with E-state index in [0.29, 0.717) is 49.7 Å². The van der Waals surface area contributed by atoms with Gasteiger partial charge in [-0.15, -0.1) is 6.58 Å². The maximum Gasteiger partial charge on any atom is 0.338 e. The predicted molar refractivity (Wildman–Crippen MR) is 141 cm³/mol. The molecule has 0 saturated carbocycles. The number of ether oxygens (including phenoxy) is 2. The molecule has 0 radical (unpaired) electrons. The van der Waals surface area contributed by atoms with Gasteiger partial charge in [0.25, 0.3) is 0 Å². The number of hydrogen-bond donors (Lipinski definition) is 2. The first-order chi connectivity index (χ1) is 17.6. The van der Waals surface area contributed by atoms with Crippen LogP contribution in [-0.2, 0) is 9.53 Å². The third kappa shape index (κ3) is 7.03. The minimum Gasteiger partial charge on any atom is -0.497 e. The molecule has 1 atom stereocenters. The van der Waals surface area contributed by atoms with Crippen LogP contribution in [0.1, 0.15) is 39.3 Å². The summed E-state index contributed by atoms with van der Waals surface area (Å²) in [7, 11) is 1.58. The topological polar surface area (TPSA) is 103 Å². The summed E-state index contributed by atoms with van der Waals surface area (Å²) in [6, 6.07) is 6.17. The molecule has 37 heavy (non-hydrogen) atoms. The molecule has 3 rings (SSSR count). The van der Waals surface area contributed by atoms with Crippen molar-refractivity contribution in [2.45, 2.75) is 39.3 Å². The maximum absolute atomic E-state index is 13.3. The zero-order valence-corrected chi connectivity index (χ0v) is 22.5. The van der Waals surface area contributed by atoms with Crippen LogP contribution in [-0.4, -0.2) is 91.3 Å². The first-order valence-electron chi connectivity index (χ1n) is 12.6. The number of amides is 4. The van der Waals surface area contributed by atoms with Crippen molar-refractivity contribution < 1.29 is 23.9 Å². The average molecular weight is 514 g/mol. The molecule has 1 aromatic rings. The molecule has 1 unspecified atom stereocenters. The molecule has 2 N–H and O–H groups in total. The van der Waals surface area contributed by atoms with Gasteiger partial charge in [-0.1, -0.05) is 18.2 Å². The molecule has 202 valence electrons. The number of carbonyl (C=O) groups is 3. The van der Waals surface area contributed by atoms with Crippen molar-refractivity contribution in [3.63, 3.8) is 0 Å². The molecule has 4 amide bonds. The summed E-state index contributed by atoms with van der Waals surface area (Å²) in [5, 5.41) is 5.96. The van der Waals surface area contributed by atoms with Crippen molar-refractivity contribution in [2.75, 3.05) is 53.0 Å². The van der Waals surface area contributed by atoms with E-state index in [1.165, 1.54) is 4.90 Å². The van der Waals surface area contributed by atoms with E-state index in [1.807, 2.05) is 32.9 Å². The van der Waals surface area contributed by atoms with Gasteiger partial charge in [-0.25, -0.2) is 14.4 Å². The monoisotopic (exact) mass is 513 g/mol. The molecule has 10 nitrogen and oxygen atoms in total. The number of rotatable bonds is 8. The molecular weight excluding hydrogens is 474 g/mol. The molecular formula is C27H39N5O5. The first-order valence-corrected chi connectivity index (χ1v) is 12.6. The Morgan fingerprint density at radius 1 is 1.16 bits per heavy atom. The molecule has 0 spiro atoms. The van der Waals surface area contributed by atoms with Crippen molar-refractivity contribution in [1.82, 2.24) is 25.3 Å². The van der Waals surface area contributed by atoms with Crippen LogP contribution in [0, 0.1) is 0 Å². The van der Waals surface area contributed by atoms with Crippen molar-refractivity contribution in [1.29, 1.82) is 0 Å². The van der Waals surface area contributed by atoms with E-state index in [9.17, 15) is 14.4 Å². The number of carbonyl (C=O) groups excluding carboxylic acids is 3. The lowest BCUT2D eigenvalue weighted by Crippen LogP contribution is -2.56. The fourth-order valence-electron chi connectivity index (χ4n) is 4.41. The Hall–Kier alpha value is -3.53. The molecule has 1 fully saturated rings.